The number of carbonyl (C=O) groups excluding carboxylic acids is 2. The molecule has 0 unspecified atom stereocenters. The van der Waals surface area contributed by atoms with E-state index in [1.54, 1.807) is 32.0 Å². The van der Waals surface area contributed by atoms with E-state index in [4.69, 9.17) is 21.1 Å². The zero-order valence-electron chi connectivity index (χ0n) is 19.6. The highest BCUT2D eigenvalue weighted by Gasteiger charge is 2.37. The summed E-state index contributed by atoms with van der Waals surface area (Å²) in [5.41, 5.74) is 0.701. The summed E-state index contributed by atoms with van der Waals surface area (Å²) in [7, 11) is 0. The number of benzene rings is 2. The van der Waals surface area contributed by atoms with E-state index in [0.29, 0.717) is 22.0 Å². The Labute approximate surface area is 220 Å². The van der Waals surface area contributed by atoms with Crippen molar-refractivity contribution in [3.63, 3.8) is 0 Å². The Kier molecular flexibility index (Phi) is 7.84. The van der Waals surface area contributed by atoms with Gasteiger partial charge in [0.05, 0.1) is 34.5 Å². The quantitative estimate of drug-likeness (QED) is 0.416. The Morgan fingerprint density at radius 2 is 2.00 bits per heavy atom. The van der Waals surface area contributed by atoms with E-state index < -0.39 is 36.3 Å². The van der Waals surface area contributed by atoms with E-state index in [1.807, 2.05) is 16.5 Å². The van der Waals surface area contributed by atoms with Crippen LogP contribution in [0, 0.1) is 0 Å². The van der Waals surface area contributed by atoms with Gasteiger partial charge in [-0.15, -0.1) is 0 Å². The molecule has 1 amide bonds. The van der Waals surface area contributed by atoms with Gasteiger partial charge in [0.15, 0.2) is 11.8 Å². The second kappa shape index (κ2) is 10.9. The van der Waals surface area contributed by atoms with E-state index in [1.165, 1.54) is 23.9 Å². The smallest absolute Gasteiger partial charge is 0.416 e. The molecule has 1 atom stereocenters. The number of ether oxygens (including phenoxy) is 2. The molecule has 12 heteroatoms. The number of anilines is 1. The molecule has 0 fully saturated rings. The van der Waals surface area contributed by atoms with Gasteiger partial charge >= 0.3 is 12.1 Å². The summed E-state index contributed by atoms with van der Waals surface area (Å²) in [6, 6.07) is 8.66. The predicted molar refractivity (Wildman–Crippen MR) is 135 cm³/mol. The maximum absolute atomic E-state index is 12.9. The van der Waals surface area contributed by atoms with Gasteiger partial charge in [-0.2, -0.15) is 13.2 Å². The number of hydrogen-bond acceptors (Lipinski definition) is 7. The van der Waals surface area contributed by atoms with Crippen molar-refractivity contribution in [1.82, 2.24) is 4.90 Å². The van der Waals surface area contributed by atoms with Crippen LogP contribution in [0.3, 0.4) is 0 Å². The van der Waals surface area contributed by atoms with Gasteiger partial charge in [0.1, 0.15) is 5.75 Å². The molecule has 2 aliphatic heterocycles. The van der Waals surface area contributed by atoms with Crippen molar-refractivity contribution in [2.75, 3.05) is 18.5 Å². The van der Waals surface area contributed by atoms with E-state index in [0.717, 1.165) is 12.1 Å². The standard InChI is InChI=1S/C25H21ClF3N3O4S/c1-3-35-23(34)21-14(2)30-24-32(9-10-37-24)22(21)15-7-8-19(18(26)11-15)36-13-20(33)31-17-6-4-5-16(12-17)25(27,28)29/h4-12,22H,3,13H2,1-2H3,(H,31,33)/t22-/m0/s1. The Bertz CT molecular complexity index is 1330. The van der Waals surface area contributed by atoms with Crippen LogP contribution in [0.5, 0.6) is 5.75 Å². The van der Waals surface area contributed by atoms with Crippen molar-refractivity contribution < 1.29 is 32.2 Å². The van der Waals surface area contributed by atoms with Crippen LogP contribution >= 0.6 is 23.4 Å². The van der Waals surface area contributed by atoms with Crippen LogP contribution in [-0.4, -0.2) is 35.2 Å². The molecule has 0 spiro atoms. The fourth-order valence-electron chi connectivity index (χ4n) is 3.82. The molecule has 7 nitrogen and oxygen atoms in total. The van der Waals surface area contributed by atoms with Crippen LogP contribution in [0.15, 0.2) is 70.3 Å². The molecular formula is C25H21ClF3N3O4S. The first-order valence-corrected chi connectivity index (χ1v) is 12.3. The Hall–Kier alpha value is -3.44. The lowest BCUT2D eigenvalue weighted by Crippen LogP contribution is -2.34. The Morgan fingerprint density at radius 3 is 2.70 bits per heavy atom. The zero-order chi connectivity index (χ0) is 26.7. The SMILES string of the molecule is CCOC(=O)C1=C(C)N=C2SC=CN2[C@H]1c1ccc(OCC(=O)Nc2cccc(C(F)(F)F)c2)c(Cl)c1. The van der Waals surface area contributed by atoms with E-state index in [-0.39, 0.29) is 23.1 Å². The number of thioether (sulfide) groups is 1. The molecule has 1 N–H and O–H groups in total. The molecule has 37 heavy (non-hydrogen) atoms. The highest BCUT2D eigenvalue weighted by molar-refractivity contribution is 8.16. The van der Waals surface area contributed by atoms with Crippen LogP contribution in [0.2, 0.25) is 5.02 Å². The number of halogens is 4. The lowest BCUT2D eigenvalue weighted by molar-refractivity contribution is -0.139. The van der Waals surface area contributed by atoms with Gasteiger partial charge in [0.2, 0.25) is 0 Å². The van der Waals surface area contributed by atoms with E-state index in [9.17, 15) is 22.8 Å². The van der Waals surface area contributed by atoms with Gasteiger partial charge in [0.25, 0.3) is 5.91 Å². The summed E-state index contributed by atoms with van der Waals surface area (Å²) in [6.07, 6.45) is -2.71. The van der Waals surface area contributed by atoms with Gasteiger partial charge in [-0.05, 0) is 55.2 Å². The highest BCUT2D eigenvalue weighted by Crippen LogP contribution is 2.42. The second-order valence-corrected chi connectivity index (χ2v) is 9.21. The lowest BCUT2D eigenvalue weighted by Gasteiger charge is -2.33. The number of allylic oxidation sites excluding steroid dienone is 1. The maximum Gasteiger partial charge on any atom is 0.416 e. The van der Waals surface area contributed by atoms with Crippen molar-refractivity contribution in [2.45, 2.75) is 26.1 Å². The number of carbonyl (C=O) groups is 2. The third-order valence-corrected chi connectivity index (χ3v) is 6.49. The van der Waals surface area contributed by atoms with E-state index >= 15 is 0 Å². The van der Waals surface area contributed by atoms with E-state index in [2.05, 4.69) is 10.3 Å². The minimum atomic E-state index is -4.53. The monoisotopic (exact) mass is 551 g/mol. The summed E-state index contributed by atoms with van der Waals surface area (Å²) in [6.45, 7) is 3.19. The van der Waals surface area contributed by atoms with Gasteiger partial charge in [-0.3, -0.25) is 4.79 Å². The number of amides is 1. The van der Waals surface area contributed by atoms with Crippen molar-refractivity contribution in [3.05, 3.63) is 81.5 Å². The molecule has 0 aliphatic carbocycles. The first-order valence-electron chi connectivity index (χ1n) is 11.1. The minimum Gasteiger partial charge on any atom is -0.482 e. The number of nitrogens with zero attached hydrogens (tertiary/aromatic N) is 2. The first-order chi connectivity index (χ1) is 17.6. The number of aliphatic imine (C=N–C) groups is 1. The minimum absolute atomic E-state index is 0.00942. The fraction of sp³-hybridized carbons (Fsp3) is 0.240. The number of amidine groups is 1. The van der Waals surface area contributed by atoms with Crippen LogP contribution in [0.25, 0.3) is 0 Å². The van der Waals surface area contributed by atoms with Crippen LogP contribution in [0.4, 0.5) is 18.9 Å². The van der Waals surface area contributed by atoms with Crippen molar-refractivity contribution in [3.8, 4) is 5.75 Å². The Morgan fingerprint density at radius 1 is 1.22 bits per heavy atom. The fourth-order valence-corrected chi connectivity index (χ4v) is 4.85. The molecule has 2 aliphatic rings. The molecule has 0 saturated carbocycles. The first kappa shape index (κ1) is 26.6. The topological polar surface area (TPSA) is 80.2 Å². The third-order valence-electron chi connectivity index (χ3n) is 5.42. The molecule has 0 bridgehead atoms. The normalized spacial score (nSPS) is 16.9. The van der Waals surface area contributed by atoms with Crippen LogP contribution in [-0.2, 0) is 20.5 Å². The summed E-state index contributed by atoms with van der Waals surface area (Å²) < 4.78 is 49.4. The third kappa shape index (κ3) is 5.94. The van der Waals surface area contributed by atoms with Crippen LogP contribution in [0.1, 0.15) is 31.0 Å². The van der Waals surface area contributed by atoms with Crippen molar-refractivity contribution in [1.29, 1.82) is 0 Å². The maximum atomic E-state index is 12.9. The predicted octanol–water partition coefficient (Wildman–Crippen LogP) is 6.14. The zero-order valence-corrected chi connectivity index (χ0v) is 21.2. The molecule has 2 aromatic rings. The summed E-state index contributed by atoms with van der Waals surface area (Å²) in [5, 5.41) is 5.12. The molecule has 0 radical (unpaired) electrons. The number of rotatable bonds is 7. The molecule has 2 aromatic carbocycles. The molecule has 2 heterocycles. The number of esters is 1. The number of nitrogens with one attached hydrogen (secondary N) is 1. The molecule has 4 rings (SSSR count). The second-order valence-electron chi connectivity index (χ2n) is 7.93. The average Bonchev–Trinajstić information content (AvgIpc) is 3.30. The Balaban J connectivity index is 1.49. The summed E-state index contributed by atoms with van der Waals surface area (Å²) in [5.74, 6) is -0.949. The van der Waals surface area contributed by atoms with Crippen molar-refractivity contribution in [2.24, 2.45) is 4.99 Å². The molecule has 0 aromatic heterocycles. The van der Waals surface area contributed by atoms with Gasteiger partial charge in [-0.1, -0.05) is 35.5 Å². The number of fused-ring (bicyclic) bond motifs is 1. The largest absolute Gasteiger partial charge is 0.482 e. The molecular weight excluding hydrogens is 531 g/mol. The number of hydrogen-bond donors (Lipinski definition) is 1. The average molecular weight is 552 g/mol. The number of alkyl halides is 3. The van der Waals surface area contributed by atoms with Gasteiger partial charge in [-0.25, -0.2) is 9.79 Å². The van der Waals surface area contributed by atoms with Crippen molar-refractivity contribution >= 4 is 46.1 Å². The van der Waals surface area contributed by atoms with Gasteiger partial charge < -0.3 is 19.7 Å². The van der Waals surface area contributed by atoms with Crippen LogP contribution < -0.4 is 10.1 Å². The van der Waals surface area contributed by atoms with Gasteiger partial charge in [0, 0.05) is 11.9 Å². The molecule has 0 saturated heterocycles. The summed E-state index contributed by atoms with van der Waals surface area (Å²) in [4.78, 5) is 31.4. The molecule has 194 valence electrons. The lowest BCUT2D eigenvalue weighted by atomic mass is 9.95. The summed E-state index contributed by atoms with van der Waals surface area (Å²) >= 11 is 7.87. The highest BCUT2D eigenvalue weighted by atomic mass is 35.5.